The largest absolute Gasteiger partial charge is 0.395 e. The van der Waals surface area contributed by atoms with Gasteiger partial charge in [0.25, 0.3) is 0 Å². The lowest BCUT2D eigenvalue weighted by Crippen LogP contribution is -2.57. The number of aliphatic hydroxyl groups excluding tert-OH is 1. The molecule has 0 saturated heterocycles. The van der Waals surface area contributed by atoms with E-state index in [0.29, 0.717) is 17.1 Å². The fourth-order valence-electron chi connectivity index (χ4n) is 7.90. The second-order valence-corrected chi connectivity index (χ2v) is 9.96. The van der Waals surface area contributed by atoms with E-state index in [4.69, 9.17) is 0 Å². The molecule has 120 valence electrons. The molecule has 2 nitrogen and oxygen atoms in total. The van der Waals surface area contributed by atoms with Crippen LogP contribution >= 0.6 is 0 Å². The molecular weight excluding hydrogens is 272 g/mol. The average molecular weight is 300 g/mol. The molecule has 7 atom stereocenters. The van der Waals surface area contributed by atoms with Gasteiger partial charge in [0, 0.05) is 10.8 Å². The van der Waals surface area contributed by atoms with Crippen LogP contribution < -0.4 is 0 Å². The molecule has 1 N–H and O–H groups in total. The van der Waals surface area contributed by atoms with Crippen molar-refractivity contribution in [2.45, 2.75) is 59.3 Å². The summed E-state index contributed by atoms with van der Waals surface area (Å²) in [5, 5.41) is 10.0. The molecule has 0 aliphatic heterocycles. The molecule has 0 amide bonds. The van der Waals surface area contributed by atoms with Crippen molar-refractivity contribution in [1.29, 1.82) is 0 Å². The summed E-state index contributed by atoms with van der Waals surface area (Å²) >= 11 is 0. The van der Waals surface area contributed by atoms with Crippen molar-refractivity contribution in [2.24, 2.45) is 39.4 Å². The number of hydrogen-bond acceptors (Lipinski definition) is 2. The molecule has 1 spiro atoms. The third-order valence-corrected chi connectivity index (χ3v) is 9.08. The van der Waals surface area contributed by atoms with Crippen molar-refractivity contribution in [2.75, 3.05) is 6.61 Å². The van der Waals surface area contributed by atoms with Gasteiger partial charge in [-0.25, -0.2) is 0 Å². The van der Waals surface area contributed by atoms with E-state index in [1.165, 1.54) is 24.8 Å². The van der Waals surface area contributed by atoms with Gasteiger partial charge in [-0.1, -0.05) is 32.8 Å². The first-order valence-electron chi connectivity index (χ1n) is 9.18. The smallest absolute Gasteiger partial charge is 0.162 e. The maximum atomic E-state index is 13.2. The zero-order chi connectivity index (χ0) is 15.5. The monoisotopic (exact) mass is 300 g/mol. The fraction of sp³-hybridized carbons (Fsp3) is 0.850. The van der Waals surface area contributed by atoms with Gasteiger partial charge in [0.2, 0.25) is 0 Å². The number of carbonyl (C=O) groups excluding carboxylic acids is 1. The summed E-state index contributed by atoms with van der Waals surface area (Å²) in [6, 6.07) is 0. The van der Waals surface area contributed by atoms with E-state index >= 15 is 0 Å². The predicted octanol–water partition coefficient (Wildman–Crippen LogP) is 3.74. The summed E-state index contributed by atoms with van der Waals surface area (Å²) in [6.45, 7) is 7.21. The van der Waals surface area contributed by atoms with Gasteiger partial charge in [0.15, 0.2) is 5.78 Å². The molecule has 0 aromatic heterocycles. The summed E-state index contributed by atoms with van der Waals surface area (Å²) in [5.41, 5.74) is 1.72. The van der Waals surface area contributed by atoms with Gasteiger partial charge in [-0.05, 0) is 66.8 Å². The van der Waals surface area contributed by atoms with Gasteiger partial charge in [0.1, 0.15) is 0 Å². The summed E-state index contributed by atoms with van der Waals surface area (Å²) < 4.78 is 0. The molecule has 4 bridgehead atoms. The van der Waals surface area contributed by atoms with E-state index in [2.05, 4.69) is 20.8 Å². The summed E-state index contributed by atoms with van der Waals surface area (Å²) in [7, 11) is 0. The highest BCUT2D eigenvalue weighted by molar-refractivity contribution is 5.98. The van der Waals surface area contributed by atoms with Gasteiger partial charge < -0.3 is 5.11 Å². The topological polar surface area (TPSA) is 37.3 Å². The van der Waals surface area contributed by atoms with Crippen LogP contribution in [0.15, 0.2) is 11.6 Å². The van der Waals surface area contributed by atoms with E-state index in [0.717, 1.165) is 31.1 Å². The molecule has 0 aromatic rings. The van der Waals surface area contributed by atoms with Crippen LogP contribution in [0, 0.1) is 39.4 Å². The molecule has 6 aliphatic rings. The fourth-order valence-corrected chi connectivity index (χ4v) is 7.90. The van der Waals surface area contributed by atoms with Crippen molar-refractivity contribution in [3.05, 3.63) is 11.6 Å². The Bertz CT molecular complexity index is 621. The molecule has 22 heavy (non-hydrogen) atoms. The van der Waals surface area contributed by atoms with Crippen molar-refractivity contribution in [3.8, 4) is 0 Å². The highest BCUT2D eigenvalue weighted by Gasteiger charge is 2.79. The molecule has 5 fully saturated rings. The number of allylic oxidation sites excluding steroid dienone is 1. The number of ketones is 1. The lowest BCUT2D eigenvalue weighted by Gasteiger charge is -2.60. The molecule has 0 heterocycles. The van der Waals surface area contributed by atoms with E-state index in [1.807, 2.05) is 6.08 Å². The van der Waals surface area contributed by atoms with E-state index in [-0.39, 0.29) is 22.9 Å². The maximum absolute atomic E-state index is 13.2. The standard InChI is InChI=1S/C20H28O2/c1-17(11-21)5-4-6-18(2)14(17)8-16(22)20-9-13-12(7-15(18)20)19(13,3)10-20/h8,12-13,15,21H,4-7,9-11H2,1-3H3/t12-,13+,15+,17-,18-,19-,20-/m1/s1. The number of hydrogen-bond donors (Lipinski definition) is 1. The van der Waals surface area contributed by atoms with Crippen LogP contribution in [0.2, 0.25) is 0 Å². The van der Waals surface area contributed by atoms with E-state index in [1.54, 1.807) is 0 Å². The number of fused-ring (bicyclic) bond motifs is 1. The minimum absolute atomic E-state index is 0.0415. The lowest BCUT2D eigenvalue weighted by atomic mass is 9.43. The SMILES string of the molecule is C[C@]1(CO)CCC[C@]2(C)C1=CC(=O)[C@@]13C[C@H]4[C@@H](C[C@H]12)[C@@]4(C)C3. The zero-order valence-corrected chi connectivity index (χ0v) is 14.1. The predicted molar refractivity (Wildman–Crippen MR) is 85.1 cm³/mol. The number of rotatable bonds is 1. The third-order valence-electron chi connectivity index (χ3n) is 9.08. The molecule has 5 saturated carbocycles. The summed E-state index contributed by atoms with van der Waals surface area (Å²) in [6.07, 6.45) is 9.02. The highest BCUT2D eigenvalue weighted by atomic mass is 16.3. The molecule has 6 rings (SSSR count). The molecule has 6 aliphatic carbocycles. The van der Waals surface area contributed by atoms with Gasteiger partial charge in [-0.3, -0.25) is 4.79 Å². The van der Waals surface area contributed by atoms with Gasteiger partial charge in [-0.15, -0.1) is 0 Å². The molecular formula is C20H28O2. The molecule has 2 heteroatoms. The zero-order valence-electron chi connectivity index (χ0n) is 14.1. The van der Waals surface area contributed by atoms with Crippen LogP contribution in [0.5, 0.6) is 0 Å². The Morgan fingerprint density at radius 2 is 2.00 bits per heavy atom. The lowest BCUT2D eigenvalue weighted by molar-refractivity contribution is -0.141. The van der Waals surface area contributed by atoms with Gasteiger partial charge >= 0.3 is 0 Å². The molecule has 0 aromatic carbocycles. The first kappa shape index (κ1) is 13.8. The van der Waals surface area contributed by atoms with Gasteiger partial charge in [-0.2, -0.15) is 0 Å². The normalized spacial score (nSPS) is 61.4. The minimum Gasteiger partial charge on any atom is -0.395 e. The Hall–Kier alpha value is -0.630. The Morgan fingerprint density at radius 1 is 1.23 bits per heavy atom. The number of aliphatic hydroxyl groups is 1. The van der Waals surface area contributed by atoms with Crippen molar-refractivity contribution in [3.63, 3.8) is 0 Å². The average Bonchev–Trinajstić information content (AvgIpc) is 2.93. The number of carbonyl (C=O) groups is 1. The van der Waals surface area contributed by atoms with E-state index < -0.39 is 0 Å². The van der Waals surface area contributed by atoms with E-state index in [9.17, 15) is 9.90 Å². The van der Waals surface area contributed by atoms with Crippen molar-refractivity contribution >= 4 is 5.78 Å². The van der Waals surface area contributed by atoms with Crippen LogP contribution in [0.3, 0.4) is 0 Å². The van der Waals surface area contributed by atoms with Crippen LogP contribution in [-0.4, -0.2) is 17.5 Å². The Labute approximate surface area is 133 Å². The van der Waals surface area contributed by atoms with Crippen molar-refractivity contribution in [1.82, 2.24) is 0 Å². The Balaban J connectivity index is 1.68. The molecule has 0 unspecified atom stereocenters. The molecule has 0 radical (unpaired) electrons. The van der Waals surface area contributed by atoms with Crippen molar-refractivity contribution < 1.29 is 9.90 Å². The van der Waals surface area contributed by atoms with Crippen LogP contribution in [-0.2, 0) is 4.79 Å². The first-order valence-corrected chi connectivity index (χ1v) is 9.18. The minimum atomic E-state index is -0.169. The summed E-state index contributed by atoms with van der Waals surface area (Å²) in [5.74, 6) is 2.67. The quantitative estimate of drug-likeness (QED) is 0.801. The van der Waals surface area contributed by atoms with Crippen LogP contribution in [0.1, 0.15) is 59.3 Å². The van der Waals surface area contributed by atoms with Crippen LogP contribution in [0.25, 0.3) is 0 Å². The third kappa shape index (κ3) is 1.21. The first-order chi connectivity index (χ1) is 10.3. The maximum Gasteiger partial charge on any atom is 0.162 e. The van der Waals surface area contributed by atoms with Crippen LogP contribution in [0.4, 0.5) is 0 Å². The Morgan fingerprint density at radius 3 is 2.64 bits per heavy atom. The Kier molecular flexibility index (Phi) is 2.23. The second kappa shape index (κ2) is 3.55. The second-order valence-electron chi connectivity index (χ2n) is 9.96. The highest BCUT2D eigenvalue weighted by Crippen LogP contribution is 2.84. The summed E-state index contributed by atoms with van der Waals surface area (Å²) in [4.78, 5) is 13.2. The van der Waals surface area contributed by atoms with Gasteiger partial charge in [0.05, 0.1) is 6.61 Å².